The number of piperazine rings is 1. The summed E-state index contributed by atoms with van der Waals surface area (Å²) in [5.41, 5.74) is 8.41. The molecule has 0 spiro atoms. The fourth-order valence-corrected chi connectivity index (χ4v) is 2.44. The van der Waals surface area contributed by atoms with Crippen LogP contribution in [0.5, 0.6) is 0 Å². The predicted octanol–water partition coefficient (Wildman–Crippen LogP) is 1.67. The molecule has 1 aliphatic rings. The zero-order valence-electron chi connectivity index (χ0n) is 10.9. The van der Waals surface area contributed by atoms with E-state index in [4.69, 9.17) is 11.0 Å². The highest BCUT2D eigenvalue weighted by Crippen LogP contribution is 2.25. The number of hydrogen-bond acceptors (Lipinski definition) is 4. The van der Waals surface area contributed by atoms with Gasteiger partial charge in [-0.3, -0.25) is 4.90 Å². The molecule has 0 aromatic heterocycles. The molecule has 2 N–H and O–H groups in total. The molecule has 0 radical (unpaired) electrons. The molecule has 4 nitrogen and oxygen atoms in total. The van der Waals surface area contributed by atoms with Gasteiger partial charge in [0.1, 0.15) is 0 Å². The van der Waals surface area contributed by atoms with E-state index in [1.807, 2.05) is 12.1 Å². The lowest BCUT2D eigenvalue weighted by molar-refractivity contribution is 0.258. The van der Waals surface area contributed by atoms with Crippen molar-refractivity contribution in [2.75, 3.05) is 43.4 Å². The number of anilines is 2. The normalized spacial score (nSPS) is 16.6. The van der Waals surface area contributed by atoms with Crippen molar-refractivity contribution < 1.29 is 0 Å². The van der Waals surface area contributed by atoms with Crippen molar-refractivity contribution in [2.24, 2.45) is 0 Å². The number of nitrogens with zero attached hydrogens (tertiary/aromatic N) is 3. The highest BCUT2D eigenvalue weighted by atomic mass is 15.3. The Morgan fingerprint density at radius 1 is 1.28 bits per heavy atom. The first-order valence-corrected chi connectivity index (χ1v) is 6.51. The smallest absolute Gasteiger partial charge is 0.0992 e. The summed E-state index contributed by atoms with van der Waals surface area (Å²) in [6.07, 6.45) is 1.21. The van der Waals surface area contributed by atoms with Crippen LogP contribution < -0.4 is 10.6 Å². The summed E-state index contributed by atoms with van der Waals surface area (Å²) in [5.74, 6) is 0. The van der Waals surface area contributed by atoms with Crippen LogP contribution in [0.15, 0.2) is 18.2 Å². The van der Waals surface area contributed by atoms with Gasteiger partial charge in [-0.05, 0) is 31.2 Å². The fourth-order valence-electron chi connectivity index (χ4n) is 2.44. The van der Waals surface area contributed by atoms with Crippen LogP contribution in [0.2, 0.25) is 0 Å². The average Bonchev–Trinajstić information content (AvgIpc) is 2.40. The molecule has 1 fully saturated rings. The zero-order valence-corrected chi connectivity index (χ0v) is 10.9. The number of nitriles is 1. The minimum Gasteiger partial charge on any atom is -0.397 e. The van der Waals surface area contributed by atoms with Crippen molar-refractivity contribution in [3.8, 4) is 6.07 Å². The van der Waals surface area contributed by atoms with Gasteiger partial charge in [0.2, 0.25) is 0 Å². The van der Waals surface area contributed by atoms with Crippen molar-refractivity contribution in [1.29, 1.82) is 5.26 Å². The Kier molecular flexibility index (Phi) is 4.06. The van der Waals surface area contributed by atoms with Gasteiger partial charge in [0.25, 0.3) is 0 Å². The van der Waals surface area contributed by atoms with E-state index in [1.165, 1.54) is 13.0 Å². The molecule has 18 heavy (non-hydrogen) atoms. The number of rotatable bonds is 3. The van der Waals surface area contributed by atoms with Crippen molar-refractivity contribution in [2.45, 2.75) is 13.3 Å². The second-order valence-electron chi connectivity index (χ2n) is 4.71. The second kappa shape index (κ2) is 5.74. The first kappa shape index (κ1) is 12.7. The average molecular weight is 244 g/mol. The van der Waals surface area contributed by atoms with Crippen molar-refractivity contribution in [1.82, 2.24) is 4.90 Å². The monoisotopic (exact) mass is 244 g/mol. The van der Waals surface area contributed by atoms with Crippen LogP contribution in [-0.2, 0) is 0 Å². The molecule has 1 aliphatic heterocycles. The summed E-state index contributed by atoms with van der Waals surface area (Å²) < 4.78 is 0. The standard InChI is InChI=1S/C14H20N4/c1-2-5-17-6-8-18(9-7-17)14-4-3-12(11-15)10-13(14)16/h3-4,10H,2,5-9,16H2,1H3. The molecule has 0 unspecified atom stereocenters. The second-order valence-corrected chi connectivity index (χ2v) is 4.71. The van der Waals surface area contributed by atoms with Gasteiger partial charge in [-0.25, -0.2) is 0 Å². The number of nitrogens with two attached hydrogens (primary N) is 1. The number of benzene rings is 1. The van der Waals surface area contributed by atoms with Crippen molar-refractivity contribution in [3.63, 3.8) is 0 Å². The molecule has 0 atom stereocenters. The predicted molar refractivity (Wildman–Crippen MR) is 74.5 cm³/mol. The third kappa shape index (κ3) is 2.74. The highest BCUT2D eigenvalue weighted by molar-refractivity contribution is 5.69. The van der Waals surface area contributed by atoms with E-state index in [1.54, 1.807) is 6.07 Å². The molecule has 2 rings (SSSR count). The maximum Gasteiger partial charge on any atom is 0.0992 e. The molecule has 4 heteroatoms. The van der Waals surface area contributed by atoms with Crippen LogP contribution in [-0.4, -0.2) is 37.6 Å². The Morgan fingerprint density at radius 2 is 2.00 bits per heavy atom. The summed E-state index contributed by atoms with van der Waals surface area (Å²) in [4.78, 5) is 4.79. The Hall–Kier alpha value is -1.73. The largest absolute Gasteiger partial charge is 0.397 e. The van der Waals surface area contributed by atoms with E-state index in [2.05, 4.69) is 22.8 Å². The first-order valence-electron chi connectivity index (χ1n) is 6.51. The van der Waals surface area contributed by atoms with Crippen LogP contribution in [0.3, 0.4) is 0 Å². The quantitative estimate of drug-likeness (QED) is 0.822. The molecular weight excluding hydrogens is 224 g/mol. The Labute approximate surface area is 109 Å². The minimum atomic E-state index is 0.626. The Morgan fingerprint density at radius 3 is 2.56 bits per heavy atom. The summed E-state index contributed by atoms with van der Waals surface area (Å²) in [6.45, 7) is 7.59. The third-order valence-corrected chi connectivity index (χ3v) is 3.41. The highest BCUT2D eigenvalue weighted by Gasteiger charge is 2.17. The van der Waals surface area contributed by atoms with Gasteiger partial charge in [0.05, 0.1) is 23.0 Å². The van der Waals surface area contributed by atoms with Gasteiger partial charge >= 0.3 is 0 Å². The van der Waals surface area contributed by atoms with Gasteiger partial charge in [0, 0.05) is 26.2 Å². The molecule has 0 aliphatic carbocycles. The maximum absolute atomic E-state index is 8.83. The van der Waals surface area contributed by atoms with Gasteiger partial charge in [-0.1, -0.05) is 6.92 Å². The summed E-state index contributed by atoms with van der Waals surface area (Å²) in [5, 5.41) is 8.83. The van der Waals surface area contributed by atoms with Crippen molar-refractivity contribution >= 4 is 11.4 Å². The Bertz CT molecular complexity index is 442. The molecule has 1 aromatic carbocycles. The summed E-state index contributed by atoms with van der Waals surface area (Å²) in [6, 6.07) is 7.67. The van der Waals surface area contributed by atoms with Gasteiger partial charge in [-0.15, -0.1) is 0 Å². The van der Waals surface area contributed by atoms with E-state index in [0.29, 0.717) is 11.3 Å². The zero-order chi connectivity index (χ0) is 13.0. The lowest BCUT2D eigenvalue weighted by atomic mass is 10.1. The molecule has 0 saturated carbocycles. The van der Waals surface area contributed by atoms with Crippen LogP contribution in [0.4, 0.5) is 11.4 Å². The molecule has 96 valence electrons. The lowest BCUT2D eigenvalue weighted by Gasteiger charge is -2.36. The first-order chi connectivity index (χ1) is 8.74. The molecule has 1 saturated heterocycles. The van der Waals surface area contributed by atoms with Crippen molar-refractivity contribution in [3.05, 3.63) is 23.8 Å². The lowest BCUT2D eigenvalue weighted by Crippen LogP contribution is -2.46. The molecule has 0 bridgehead atoms. The third-order valence-electron chi connectivity index (χ3n) is 3.41. The van der Waals surface area contributed by atoms with Crippen LogP contribution >= 0.6 is 0 Å². The maximum atomic E-state index is 8.83. The molecular formula is C14H20N4. The minimum absolute atomic E-state index is 0.626. The molecule has 1 aromatic rings. The van der Waals surface area contributed by atoms with E-state index in [0.717, 1.165) is 31.9 Å². The van der Waals surface area contributed by atoms with Gasteiger partial charge < -0.3 is 10.6 Å². The molecule has 0 amide bonds. The fraction of sp³-hybridized carbons (Fsp3) is 0.500. The van der Waals surface area contributed by atoms with E-state index >= 15 is 0 Å². The van der Waals surface area contributed by atoms with Crippen LogP contribution in [0, 0.1) is 11.3 Å². The Balaban J connectivity index is 2.04. The SMILES string of the molecule is CCCN1CCN(c2ccc(C#N)cc2N)CC1. The number of hydrogen-bond donors (Lipinski definition) is 1. The van der Waals surface area contributed by atoms with Crippen LogP contribution in [0.25, 0.3) is 0 Å². The number of nitrogen functional groups attached to an aromatic ring is 1. The van der Waals surface area contributed by atoms with Gasteiger partial charge in [0.15, 0.2) is 0 Å². The van der Waals surface area contributed by atoms with Crippen LogP contribution in [0.1, 0.15) is 18.9 Å². The summed E-state index contributed by atoms with van der Waals surface area (Å²) >= 11 is 0. The van der Waals surface area contributed by atoms with E-state index in [9.17, 15) is 0 Å². The van der Waals surface area contributed by atoms with Gasteiger partial charge in [-0.2, -0.15) is 5.26 Å². The topological polar surface area (TPSA) is 56.3 Å². The van der Waals surface area contributed by atoms with E-state index < -0.39 is 0 Å². The summed E-state index contributed by atoms with van der Waals surface area (Å²) in [7, 11) is 0. The molecule has 1 heterocycles. The van der Waals surface area contributed by atoms with E-state index in [-0.39, 0.29) is 0 Å².